The molecular weight excluding hydrogens is 158 g/mol. The van der Waals surface area contributed by atoms with Gasteiger partial charge in [0.2, 0.25) is 0 Å². The number of benzene rings is 1. The first-order valence-corrected chi connectivity index (χ1v) is 4.86. The molecule has 1 atom stereocenters. The summed E-state index contributed by atoms with van der Waals surface area (Å²) < 4.78 is 11.3. The number of aryl methyl sites for hydroxylation is 1. The number of hydrogen-bond donors (Lipinski definition) is 1. The summed E-state index contributed by atoms with van der Waals surface area (Å²) in [5, 5.41) is 0. The van der Waals surface area contributed by atoms with Gasteiger partial charge in [0.15, 0.2) is 4.90 Å². The Hall–Kier alpha value is -0.670. The maximum absolute atomic E-state index is 11.3. The minimum atomic E-state index is -0.834. The summed E-state index contributed by atoms with van der Waals surface area (Å²) in [6.07, 6.45) is 0.910. The predicted molar refractivity (Wildman–Crippen MR) is 45.8 cm³/mol. The number of hydrogen-bond acceptors (Lipinski definition) is 2. The zero-order valence-corrected chi connectivity index (χ0v) is 6.86. The van der Waals surface area contributed by atoms with E-state index in [4.69, 9.17) is 5.73 Å². The first-order chi connectivity index (χ1) is 5.29. The Morgan fingerprint density at radius 3 is 3.00 bits per heavy atom. The molecule has 1 aromatic rings. The van der Waals surface area contributed by atoms with Gasteiger partial charge in [0, 0.05) is 12.0 Å². The van der Waals surface area contributed by atoms with Crippen LogP contribution in [0.1, 0.15) is 5.56 Å². The van der Waals surface area contributed by atoms with E-state index in [0.717, 1.165) is 22.6 Å². The molecule has 0 saturated carbocycles. The molecule has 1 unspecified atom stereocenters. The Morgan fingerprint density at radius 2 is 2.27 bits per heavy atom. The van der Waals surface area contributed by atoms with E-state index in [2.05, 4.69) is 0 Å². The van der Waals surface area contributed by atoms with Gasteiger partial charge in [-0.3, -0.25) is 0 Å². The SMILES string of the molecule is Nc1cccc2c1[S+]([O-])CC2. The molecule has 0 amide bonds. The van der Waals surface area contributed by atoms with E-state index in [0.29, 0.717) is 5.69 Å². The van der Waals surface area contributed by atoms with Crippen LogP contribution in [-0.4, -0.2) is 10.3 Å². The van der Waals surface area contributed by atoms with Crippen LogP contribution in [0.5, 0.6) is 0 Å². The van der Waals surface area contributed by atoms with Gasteiger partial charge in [-0.05, 0) is 17.2 Å². The van der Waals surface area contributed by atoms with Crippen molar-refractivity contribution in [1.82, 2.24) is 0 Å². The van der Waals surface area contributed by atoms with Crippen LogP contribution in [0.3, 0.4) is 0 Å². The molecule has 0 saturated heterocycles. The lowest BCUT2D eigenvalue weighted by Gasteiger charge is -2.04. The van der Waals surface area contributed by atoms with Gasteiger partial charge in [0.05, 0.1) is 5.69 Å². The summed E-state index contributed by atoms with van der Waals surface area (Å²) in [6, 6.07) is 5.72. The highest BCUT2D eigenvalue weighted by Crippen LogP contribution is 2.30. The predicted octanol–water partition coefficient (Wildman–Crippen LogP) is 0.933. The van der Waals surface area contributed by atoms with E-state index in [-0.39, 0.29) is 0 Å². The van der Waals surface area contributed by atoms with Gasteiger partial charge < -0.3 is 10.3 Å². The standard InChI is InChI=1S/C8H9NOS/c9-7-3-1-2-6-4-5-11(10)8(6)7/h1-3H,4-5,9H2. The second-order valence-electron chi connectivity index (χ2n) is 2.64. The van der Waals surface area contributed by atoms with Gasteiger partial charge in [0.25, 0.3) is 0 Å². The van der Waals surface area contributed by atoms with Gasteiger partial charge in [0.1, 0.15) is 5.75 Å². The second-order valence-corrected chi connectivity index (χ2v) is 4.14. The number of anilines is 1. The van der Waals surface area contributed by atoms with Crippen molar-refractivity contribution in [2.75, 3.05) is 11.5 Å². The summed E-state index contributed by atoms with van der Waals surface area (Å²) in [6.45, 7) is 0. The first-order valence-electron chi connectivity index (χ1n) is 3.55. The molecule has 58 valence electrons. The smallest absolute Gasteiger partial charge is 0.178 e. The summed E-state index contributed by atoms with van der Waals surface area (Å²) in [5.74, 6) is 0.740. The number of fused-ring (bicyclic) bond motifs is 1. The topological polar surface area (TPSA) is 49.1 Å². The van der Waals surface area contributed by atoms with Crippen molar-refractivity contribution in [2.24, 2.45) is 0 Å². The summed E-state index contributed by atoms with van der Waals surface area (Å²) in [5.41, 5.74) is 7.50. The highest BCUT2D eigenvalue weighted by Gasteiger charge is 2.26. The van der Waals surface area contributed by atoms with E-state index >= 15 is 0 Å². The third-order valence-corrected chi connectivity index (χ3v) is 3.44. The van der Waals surface area contributed by atoms with Gasteiger partial charge in [-0.2, -0.15) is 0 Å². The lowest BCUT2D eigenvalue weighted by Crippen LogP contribution is -2.02. The molecule has 1 aliphatic heterocycles. The highest BCUT2D eigenvalue weighted by molar-refractivity contribution is 7.91. The van der Waals surface area contributed by atoms with E-state index in [1.165, 1.54) is 0 Å². The lowest BCUT2D eigenvalue weighted by atomic mass is 10.1. The molecular formula is C8H9NOS. The zero-order chi connectivity index (χ0) is 7.84. The first kappa shape index (κ1) is 7.00. The molecule has 0 aliphatic carbocycles. The third kappa shape index (κ3) is 1.01. The molecule has 3 heteroatoms. The lowest BCUT2D eigenvalue weighted by molar-refractivity contribution is 0.599. The van der Waals surface area contributed by atoms with Gasteiger partial charge in [-0.1, -0.05) is 12.1 Å². The normalized spacial score (nSPS) is 21.7. The summed E-state index contributed by atoms with van der Waals surface area (Å²) in [4.78, 5) is 0.868. The van der Waals surface area contributed by atoms with E-state index in [1.54, 1.807) is 0 Å². The van der Waals surface area contributed by atoms with Gasteiger partial charge >= 0.3 is 0 Å². The zero-order valence-electron chi connectivity index (χ0n) is 6.04. The molecule has 0 aromatic heterocycles. The van der Waals surface area contributed by atoms with Crippen LogP contribution < -0.4 is 5.73 Å². The van der Waals surface area contributed by atoms with E-state index in [9.17, 15) is 4.55 Å². The van der Waals surface area contributed by atoms with Gasteiger partial charge in [-0.25, -0.2) is 0 Å². The molecule has 0 spiro atoms. The maximum atomic E-state index is 11.3. The average molecular weight is 167 g/mol. The quantitative estimate of drug-likeness (QED) is 0.461. The molecule has 0 bridgehead atoms. The van der Waals surface area contributed by atoms with Crippen molar-refractivity contribution in [3.05, 3.63) is 23.8 Å². The van der Waals surface area contributed by atoms with Crippen molar-refractivity contribution >= 4 is 16.9 Å². The maximum Gasteiger partial charge on any atom is 0.178 e. The molecule has 2 rings (SSSR count). The Labute approximate surface area is 68.6 Å². The number of nitrogen functional groups attached to an aromatic ring is 1. The van der Waals surface area contributed by atoms with Gasteiger partial charge in [-0.15, -0.1) is 0 Å². The molecule has 2 N–H and O–H groups in total. The van der Waals surface area contributed by atoms with E-state index in [1.807, 2.05) is 18.2 Å². The van der Waals surface area contributed by atoms with E-state index < -0.39 is 11.2 Å². The molecule has 0 fully saturated rings. The Bertz CT molecular complexity index is 287. The van der Waals surface area contributed by atoms with Crippen molar-refractivity contribution in [1.29, 1.82) is 0 Å². The molecule has 1 heterocycles. The molecule has 1 aromatic carbocycles. The fourth-order valence-electron chi connectivity index (χ4n) is 1.38. The highest BCUT2D eigenvalue weighted by atomic mass is 32.2. The number of nitrogens with two attached hydrogens (primary N) is 1. The Morgan fingerprint density at radius 1 is 1.45 bits per heavy atom. The van der Waals surface area contributed by atoms with Crippen molar-refractivity contribution < 1.29 is 4.55 Å². The Balaban J connectivity index is 2.58. The molecule has 0 radical (unpaired) electrons. The average Bonchev–Trinajstić information content (AvgIpc) is 2.34. The fraction of sp³-hybridized carbons (Fsp3) is 0.250. The second kappa shape index (κ2) is 2.43. The van der Waals surface area contributed by atoms with Crippen LogP contribution >= 0.6 is 0 Å². The molecule has 1 aliphatic rings. The van der Waals surface area contributed by atoms with Crippen LogP contribution in [0.15, 0.2) is 23.1 Å². The largest absolute Gasteiger partial charge is 0.611 e. The minimum Gasteiger partial charge on any atom is -0.611 e. The minimum absolute atomic E-state index is 0.679. The number of rotatable bonds is 0. The van der Waals surface area contributed by atoms with Crippen LogP contribution in [0.2, 0.25) is 0 Å². The fourth-order valence-corrected chi connectivity index (χ4v) is 2.79. The Kier molecular flexibility index (Phi) is 1.55. The van der Waals surface area contributed by atoms with Crippen LogP contribution in [0.4, 0.5) is 5.69 Å². The van der Waals surface area contributed by atoms with Crippen molar-refractivity contribution in [2.45, 2.75) is 11.3 Å². The third-order valence-electron chi connectivity index (χ3n) is 1.91. The van der Waals surface area contributed by atoms with Crippen LogP contribution in [-0.2, 0) is 17.6 Å². The van der Waals surface area contributed by atoms with Crippen molar-refractivity contribution in [3.8, 4) is 0 Å². The summed E-state index contributed by atoms with van der Waals surface area (Å²) >= 11 is -0.834. The van der Waals surface area contributed by atoms with Crippen molar-refractivity contribution in [3.63, 3.8) is 0 Å². The monoisotopic (exact) mass is 167 g/mol. The summed E-state index contributed by atoms with van der Waals surface area (Å²) in [7, 11) is 0. The molecule has 2 nitrogen and oxygen atoms in total. The van der Waals surface area contributed by atoms with Crippen LogP contribution in [0, 0.1) is 0 Å². The van der Waals surface area contributed by atoms with Crippen LogP contribution in [0.25, 0.3) is 0 Å². The molecule has 11 heavy (non-hydrogen) atoms.